The van der Waals surface area contributed by atoms with Gasteiger partial charge in [0.2, 0.25) is 11.5 Å². The molecule has 2 aromatic rings. The topological polar surface area (TPSA) is 88.6 Å². The summed E-state index contributed by atoms with van der Waals surface area (Å²) < 4.78 is 0. The number of fused-ring (bicyclic) bond motifs is 2. The molecule has 2 aliphatic carbocycles. The van der Waals surface area contributed by atoms with Crippen LogP contribution in [-0.2, 0) is 34.6 Å². The molecule has 5 heteroatoms. The van der Waals surface area contributed by atoms with Gasteiger partial charge in [-0.05, 0) is 23.3 Å². The summed E-state index contributed by atoms with van der Waals surface area (Å²) in [4.78, 5) is 19.5. The van der Waals surface area contributed by atoms with Crippen molar-refractivity contribution in [2.24, 2.45) is 0 Å². The van der Waals surface area contributed by atoms with E-state index in [2.05, 4.69) is 0 Å². The van der Waals surface area contributed by atoms with E-state index in [0.29, 0.717) is 24.4 Å². The number of benzene rings is 2. The van der Waals surface area contributed by atoms with Crippen LogP contribution in [-0.4, -0.2) is 31.4 Å². The minimum absolute atomic E-state index is 0. The van der Waals surface area contributed by atoms with Gasteiger partial charge in [0.15, 0.2) is 11.1 Å². The summed E-state index contributed by atoms with van der Waals surface area (Å²) in [5.74, 6) is 1.47. The average Bonchev–Trinajstić information content (AvgIpc) is 3.14. The quantitative estimate of drug-likeness (QED) is 0.281. The molecule has 0 radical (unpaired) electrons. The van der Waals surface area contributed by atoms with E-state index in [0.717, 1.165) is 33.4 Å². The Morgan fingerprint density at radius 3 is 1.33 bits per heavy atom. The van der Waals surface area contributed by atoms with Gasteiger partial charge in [0.25, 0.3) is 0 Å². The smallest absolute Gasteiger partial charge is 0.359 e. The van der Waals surface area contributed by atoms with Gasteiger partial charge in [-0.15, -0.1) is 0 Å². The van der Waals surface area contributed by atoms with Crippen LogP contribution in [0.25, 0.3) is 0 Å². The molecule has 4 nitrogen and oxygen atoms in total. The first-order valence-corrected chi connectivity index (χ1v) is 8.52. The Hall–Kier alpha value is -2.43. The number of carbonyl (C=O) groups excluding carboxylic acids is 2. The molecule has 0 amide bonds. The third-order valence-corrected chi connectivity index (χ3v) is 4.76. The molecule has 136 valence electrons. The molecule has 2 aliphatic rings. The summed E-state index contributed by atoms with van der Waals surface area (Å²) in [6, 6.07) is 15.5. The van der Waals surface area contributed by atoms with E-state index in [1.54, 1.807) is 13.8 Å². The first-order chi connectivity index (χ1) is 12.4. The van der Waals surface area contributed by atoms with Crippen molar-refractivity contribution in [3.63, 3.8) is 0 Å². The van der Waals surface area contributed by atoms with Gasteiger partial charge in [0.05, 0.1) is 11.1 Å². The van der Waals surface area contributed by atoms with E-state index >= 15 is 0 Å². The standard InChI is InChI=1S/2C11H10O2.Ti/c2*1-7(12)10-6-8-4-2-3-5-9(8)11(10)13;/h2*2-5,12H,6H2,1H3;/p+4. The van der Waals surface area contributed by atoms with Gasteiger partial charge in [-0.2, -0.15) is 0 Å². The molecular weight excluding hydrogens is 376 g/mol. The number of allylic oxidation sites excluding steroid dienone is 4. The summed E-state index contributed by atoms with van der Waals surface area (Å²) >= 11 is 0. The molecule has 0 fully saturated rings. The van der Waals surface area contributed by atoms with E-state index in [-0.39, 0.29) is 33.3 Å². The van der Waals surface area contributed by atoms with E-state index in [1.165, 1.54) is 0 Å². The van der Waals surface area contributed by atoms with Crippen LogP contribution in [0.4, 0.5) is 0 Å². The second-order valence-corrected chi connectivity index (χ2v) is 6.57. The van der Waals surface area contributed by atoms with Crippen molar-refractivity contribution >= 4 is 11.6 Å². The van der Waals surface area contributed by atoms with Crippen molar-refractivity contribution < 1.29 is 41.5 Å². The molecule has 0 atom stereocenters. The number of hydrogen-bond acceptors (Lipinski definition) is 0. The molecule has 0 aliphatic heterocycles. The zero-order chi connectivity index (χ0) is 18.8. The molecular formula is C22H24O4Ti+4. The van der Waals surface area contributed by atoms with Gasteiger partial charge >= 0.3 is 11.6 Å². The van der Waals surface area contributed by atoms with Crippen molar-refractivity contribution in [1.82, 2.24) is 0 Å². The minimum atomic E-state index is 0. The van der Waals surface area contributed by atoms with E-state index < -0.39 is 0 Å². The van der Waals surface area contributed by atoms with Crippen LogP contribution in [0.2, 0.25) is 0 Å². The van der Waals surface area contributed by atoms with Crippen LogP contribution < -0.4 is 0 Å². The molecule has 27 heavy (non-hydrogen) atoms. The van der Waals surface area contributed by atoms with E-state index in [9.17, 15) is 9.59 Å². The Bertz CT molecular complexity index is 882. The Labute approximate surface area is 173 Å². The molecule has 0 saturated heterocycles. The minimum Gasteiger partial charge on any atom is -0.596 e. The van der Waals surface area contributed by atoms with E-state index in [4.69, 9.17) is 10.2 Å². The third kappa shape index (κ3) is 4.13. The molecule has 0 bridgehead atoms. The SMILES string of the molecule is CC([OH2+])=C1Cc2ccccc2C1=[OH+].CC([OH2+])=C1Cc2ccccc2C1=[OH+].[Ti]. The van der Waals surface area contributed by atoms with Gasteiger partial charge in [-0.25, -0.2) is 0 Å². The summed E-state index contributed by atoms with van der Waals surface area (Å²) in [5.41, 5.74) is 5.49. The van der Waals surface area contributed by atoms with Crippen LogP contribution in [0, 0.1) is 0 Å². The monoisotopic (exact) mass is 400 g/mol. The Kier molecular flexibility index (Phi) is 6.58. The second kappa shape index (κ2) is 8.51. The fraction of sp³-hybridized carbons (Fsp3) is 0.182. The van der Waals surface area contributed by atoms with Gasteiger partial charge in [-0.3, -0.25) is 9.59 Å². The fourth-order valence-electron chi connectivity index (χ4n) is 3.30. The first-order valence-electron chi connectivity index (χ1n) is 8.52. The van der Waals surface area contributed by atoms with Crippen LogP contribution in [0.3, 0.4) is 0 Å². The van der Waals surface area contributed by atoms with Gasteiger partial charge in [0.1, 0.15) is 0 Å². The van der Waals surface area contributed by atoms with Gasteiger partial charge in [-0.1, -0.05) is 36.4 Å². The zero-order valence-corrected chi connectivity index (χ0v) is 17.0. The summed E-state index contributed by atoms with van der Waals surface area (Å²) in [7, 11) is 0. The molecule has 0 saturated carbocycles. The average molecular weight is 400 g/mol. The fourth-order valence-corrected chi connectivity index (χ4v) is 3.30. The maximum Gasteiger partial charge on any atom is 0.359 e. The largest absolute Gasteiger partial charge is 0.596 e. The Morgan fingerprint density at radius 1 is 0.704 bits per heavy atom. The van der Waals surface area contributed by atoms with Crippen molar-refractivity contribution in [2.75, 3.05) is 0 Å². The molecule has 0 aromatic heterocycles. The number of ketones is 2. The first kappa shape index (κ1) is 20.9. The predicted molar refractivity (Wildman–Crippen MR) is 105 cm³/mol. The van der Waals surface area contributed by atoms with Crippen molar-refractivity contribution in [1.29, 1.82) is 0 Å². The van der Waals surface area contributed by atoms with Crippen LogP contribution in [0.5, 0.6) is 0 Å². The van der Waals surface area contributed by atoms with Gasteiger partial charge < -0.3 is 10.2 Å². The maximum absolute atomic E-state index is 9.75. The molecule has 0 spiro atoms. The van der Waals surface area contributed by atoms with Crippen molar-refractivity contribution in [3.8, 4) is 0 Å². The summed E-state index contributed by atoms with van der Waals surface area (Å²) in [5, 5.41) is 15.0. The summed E-state index contributed by atoms with van der Waals surface area (Å²) in [6.07, 6.45) is 1.38. The molecule has 0 unspecified atom stereocenters. The molecule has 6 N–H and O–H groups in total. The Balaban J connectivity index is 0.000000187. The third-order valence-electron chi connectivity index (χ3n) is 4.76. The van der Waals surface area contributed by atoms with Crippen molar-refractivity contribution in [2.45, 2.75) is 26.7 Å². The maximum atomic E-state index is 9.75. The predicted octanol–water partition coefficient (Wildman–Crippen LogP) is 2.27. The molecule has 2 aromatic carbocycles. The number of hydrogen-bond donors (Lipinski definition) is 0. The normalized spacial score (nSPS) is 18.0. The van der Waals surface area contributed by atoms with Gasteiger partial charge in [0, 0.05) is 48.4 Å². The second-order valence-electron chi connectivity index (χ2n) is 6.57. The van der Waals surface area contributed by atoms with Crippen LogP contribution >= 0.6 is 0 Å². The van der Waals surface area contributed by atoms with Crippen molar-refractivity contribution in [3.05, 3.63) is 93.4 Å². The molecule has 0 heterocycles. The Morgan fingerprint density at radius 2 is 1.04 bits per heavy atom. The van der Waals surface area contributed by atoms with Crippen LogP contribution in [0.1, 0.15) is 36.1 Å². The number of rotatable bonds is 0. The zero-order valence-electron chi connectivity index (χ0n) is 15.4. The van der Waals surface area contributed by atoms with Crippen LogP contribution in [0.15, 0.2) is 71.2 Å². The molecule has 4 rings (SSSR count). The summed E-state index contributed by atoms with van der Waals surface area (Å²) in [6.45, 7) is 3.41. The van der Waals surface area contributed by atoms with E-state index in [1.807, 2.05) is 48.5 Å².